The van der Waals surface area contributed by atoms with Gasteiger partial charge in [0.1, 0.15) is 12.5 Å². The van der Waals surface area contributed by atoms with Gasteiger partial charge in [-0.3, -0.25) is 4.68 Å². The molecule has 0 N–H and O–H groups in total. The lowest BCUT2D eigenvalue weighted by molar-refractivity contribution is 0.147. The number of rotatable bonds is 6. The molecule has 0 amide bonds. The molecule has 1 atom stereocenters. The molecule has 0 fully saturated rings. The van der Waals surface area contributed by atoms with Crippen molar-refractivity contribution in [3.63, 3.8) is 0 Å². The Balaban J connectivity index is 1.73. The highest BCUT2D eigenvalue weighted by molar-refractivity contribution is 9.10. The molecule has 0 spiro atoms. The molecule has 0 radical (unpaired) electrons. The van der Waals surface area contributed by atoms with Crippen molar-refractivity contribution >= 4 is 29.8 Å². The first-order valence-corrected chi connectivity index (χ1v) is 12.8. The van der Waals surface area contributed by atoms with Crippen LogP contribution in [0.1, 0.15) is 17.0 Å². The van der Waals surface area contributed by atoms with Crippen LogP contribution in [0.2, 0.25) is 25.7 Å². The monoisotopic (exact) mass is 408 g/mol. The molecule has 5 nitrogen and oxygen atoms in total. The molecule has 24 heavy (non-hydrogen) atoms. The average molecular weight is 409 g/mol. The van der Waals surface area contributed by atoms with Crippen molar-refractivity contribution in [2.75, 3.05) is 24.8 Å². The number of hydrogen-bond acceptors (Lipinski definition) is 4. The van der Waals surface area contributed by atoms with E-state index in [1.54, 1.807) is 0 Å². The zero-order chi connectivity index (χ0) is 17.3. The van der Waals surface area contributed by atoms with E-state index < -0.39 is 8.07 Å². The van der Waals surface area contributed by atoms with E-state index in [4.69, 9.17) is 4.74 Å². The second-order valence-corrected chi connectivity index (χ2v) is 14.2. The molecule has 0 bridgehead atoms. The molecule has 3 rings (SSSR count). The summed E-state index contributed by atoms with van der Waals surface area (Å²) >= 11 is 3.55. The zero-order valence-corrected chi connectivity index (χ0v) is 17.4. The summed E-state index contributed by atoms with van der Waals surface area (Å²) < 4.78 is 8.82. The topological polar surface area (TPSA) is 43.2 Å². The summed E-state index contributed by atoms with van der Waals surface area (Å²) in [5, 5.41) is 4.32. The third-order valence-electron chi connectivity index (χ3n) is 4.31. The van der Waals surface area contributed by atoms with Crippen LogP contribution in [0, 0.1) is 0 Å². The van der Waals surface area contributed by atoms with Crippen LogP contribution in [0.3, 0.4) is 0 Å². The van der Waals surface area contributed by atoms with Gasteiger partial charge in [0, 0.05) is 56.6 Å². The first-order valence-electron chi connectivity index (χ1n) is 8.30. The molecule has 0 aromatic carbocycles. The molecule has 2 aromatic heterocycles. The van der Waals surface area contributed by atoms with E-state index >= 15 is 0 Å². The van der Waals surface area contributed by atoms with E-state index in [0.717, 1.165) is 23.4 Å². The first kappa shape index (κ1) is 17.6. The van der Waals surface area contributed by atoms with Gasteiger partial charge in [0.25, 0.3) is 0 Å². The van der Waals surface area contributed by atoms with Crippen molar-refractivity contribution in [3.8, 4) is 0 Å². The number of fused-ring (bicyclic) bond motifs is 1. The van der Waals surface area contributed by atoms with Crippen LogP contribution in [0.25, 0.3) is 0 Å². The Kier molecular flexibility index (Phi) is 5.12. The fourth-order valence-electron chi connectivity index (χ4n) is 2.95. The molecule has 0 saturated heterocycles. The molecule has 7 heteroatoms. The summed E-state index contributed by atoms with van der Waals surface area (Å²) in [6.45, 7) is 9.44. The second-order valence-electron chi connectivity index (χ2n) is 7.64. The summed E-state index contributed by atoms with van der Waals surface area (Å²) in [5.74, 6) is 1.32. The third-order valence-corrected chi connectivity index (χ3v) is 6.45. The number of halogens is 1. The maximum Gasteiger partial charge on any atom is 0.134 e. The van der Waals surface area contributed by atoms with Crippen molar-refractivity contribution in [1.82, 2.24) is 14.8 Å². The summed E-state index contributed by atoms with van der Waals surface area (Å²) in [4.78, 5) is 6.87. The lowest BCUT2D eigenvalue weighted by Crippen LogP contribution is -2.28. The van der Waals surface area contributed by atoms with Crippen LogP contribution in [-0.4, -0.2) is 42.7 Å². The largest absolute Gasteiger partial charge is 0.361 e. The number of pyridine rings is 1. The van der Waals surface area contributed by atoms with Crippen LogP contribution >= 0.6 is 15.9 Å². The Morgan fingerprint density at radius 3 is 2.79 bits per heavy atom. The molecule has 1 aliphatic rings. The zero-order valence-electron chi connectivity index (χ0n) is 14.8. The predicted molar refractivity (Wildman–Crippen MR) is 103 cm³/mol. The van der Waals surface area contributed by atoms with Crippen LogP contribution in [0.15, 0.2) is 29.1 Å². The van der Waals surface area contributed by atoms with Gasteiger partial charge in [-0.2, -0.15) is 5.10 Å². The van der Waals surface area contributed by atoms with E-state index in [1.807, 2.05) is 24.1 Å². The van der Waals surface area contributed by atoms with Gasteiger partial charge in [-0.05, 0) is 33.6 Å². The second kappa shape index (κ2) is 6.97. The van der Waals surface area contributed by atoms with Gasteiger partial charge >= 0.3 is 0 Å². The van der Waals surface area contributed by atoms with Crippen LogP contribution in [0.5, 0.6) is 0 Å². The fourth-order valence-corrected chi connectivity index (χ4v) is 4.05. The molecule has 2 aromatic rings. The van der Waals surface area contributed by atoms with Gasteiger partial charge in [0.15, 0.2) is 0 Å². The number of nitrogens with zero attached hydrogens (tertiary/aromatic N) is 4. The Bertz CT molecular complexity index is 713. The minimum atomic E-state index is -1.05. The fraction of sp³-hybridized carbons (Fsp3) is 0.529. The van der Waals surface area contributed by atoms with Gasteiger partial charge in [-0.15, -0.1) is 0 Å². The van der Waals surface area contributed by atoms with Crippen molar-refractivity contribution < 1.29 is 4.74 Å². The van der Waals surface area contributed by atoms with E-state index in [0.29, 0.717) is 12.6 Å². The minimum Gasteiger partial charge on any atom is -0.361 e. The Labute approximate surface area is 153 Å². The van der Waals surface area contributed by atoms with Crippen LogP contribution in [0.4, 0.5) is 5.82 Å². The Morgan fingerprint density at radius 2 is 2.12 bits per heavy atom. The van der Waals surface area contributed by atoms with Crippen molar-refractivity contribution in [2.45, 2.75) is 31.6 Å². The highest BCUT2D eigenvalue weighted by atomic mass is 79.9. The normalized spacial score (nSPS) is 17.4. The smallest absolute Gasteiger partial charge is 0.134 e. The molecule has 1 aliphatic heterocycles. The minimum absolute atomic E-state index is 0.291. The molecular formula is C17H25BrN4OSi. The van der Waals surface area contributed by atoms with E-state index in [1.165, 1.54) is 17.2 Å². The number of hydrogen-bond donors (Lipinski definition) is 0. The van der Waals surface area contributed by atoms with E-state index in [-0.39, 0.29) is 0 Å². The number of anilines is 1. The predicted octanol–water partition coefficient (Wildman–Crippen LogP) is 3.84. The van der Waals surface area contributed by atoms with Gasteiger partial charge < -0.3 is 9.64 Å². The first-order chi connectivity index (χ1) is 11.3. The summed E-state index contributed by atoms with van der Waals surface area (Å²) in [6.07, 6.45) is 5.90. The highest BCUT2D eigenvalue weighted by Crippen LogP contribution is 2.39. The maximum absolute atomic E-state index is 5.96. The van der Waals surface area contributed by atoms with E-state index in [2.05, 4.69) is 62.8 Å². The molecule has 0 aliphatic carbocycles. The van der Waals surface area contributed by atoms with Crippen molar-refractivity contribution in [3.05, 3.63) is 40.3 Å². The van der Waals surface area contributed by atoms with Crippen LogP contribution < -0.4 is 4.90 Å². The third kappa shape index (κ3) is 4.07. The van der Waals surface area contributed by atoms with E-state index in [9.17, 15) is 0 Å². The summed E-state index contributed by atoms with van der Waals surface area (Å²) in [6, 6.07) is 3.36. The van der Waals surface area contributed by atoms with Crippen LogP contribution in [-0.2, 0) is 11.8 Å². The quantitative estimate of drug-likeness (QED) is 0.537. The van der Waals surface area contributed by atoms with Gasteiger partial charge in [0.2, 0.25) is 0 Å². The Hall–Kier alpha value is -1.18. The SMILES string of the molecule is Cn1cc(C2CN(COCC[Si](C)(C)C)c3ncc(Br)cc32)cn1. The lowest BCUT2D eigenvalue weighted by Gasteiger charge is -2.21. The van der Waals surface area contributed by atoms with Gasteiger partial charge in [0.05, 0.1) is 6.20 Å². The highest BCUT2D eigenvalue weighted by Gasteiger charge is 2.32. The van der Waals surface area contributed by atoms with Crippen molar-refractivity contribution in [2.24, 2.45) is 7.05 Å². The van der Waals surface area contributed by atoms with Gasteiger partial charge in [-0.1, -0.05) is 19.6 Å². The molecular weight excluding hydrogens is 384 g/mol. The molecule has 3 heterocycles. The number of aromatic nitrogens is 3. The average Bonchev–Trinajstić information content (AvgIpc) is 3.06. The summed E-state index contributed by atoms with van der Waals surface area (Å²) in [7, 11) is 0.901. The molecule has 1 unspecified atom stereocenters. The molecule has 130 valence electrons. The molecule has 0 saturated carbocycles. The maximum atomic E-state index is 5.96. The van der Waals surface area contributed by atoms with Crippen molar-refractivity contribution in [1.29, 1.82) is 0 Å². The standard InChI is InChI=1S/C17H25BrN4OSi/c1-21-10-13(8-20-21)16-11-22(12-23-5-6-24(2,3)4)17-15(16)7-14(18)9-19-17/h7-10,16H,5-6,11-12H2,1-4H3. The Morgan fingerprint density at radius 1 is 1.33 bits per heavy atom. The number of ether oxygens (including phenoxy) is 1. The van der Waals surface area contributed by atoms with Gasteiger partial charge in [-0.25, -0.2) is 4.98 Å². The summed E-state index contributed by atoms with van der Waals surface area (Å²) in [5.41, 5.74) is 2.47. The lowest BCUT2D eigenvalue weighted by atomic mass is 9.97. The number of aryl methyl sites for hydroxylation is 1.